The number of anilines is 2. The molecule has 1 spiro atoms. The first-order valence-corrected chi connectivity index (χ1v) is 18.4. The molecule has 2 aromatic carbocycles. The summed E-state index contributed by atoms with van der Waals surface area (Å²) in [6.45, 7) is 1.75. The van der Waals surface area contributed by atoms with Crippen molar-refractivity contribution in [2.45, 2.75) is 55.0 Å². The molecule has 4 aliphatic rings. The van der Waals surface area contributed by atoms with Crippen LogP contribution in [0.5, 0.6) is 6.01 Å². The Morgan fingerprint density at radius 2 is 2.02 bits per heavy atom. The molecule has 2 aromatic heterocycles. The maximum Gasteiger partial charge on any atom is 0.319 e. The van der Waals surface area contributed by atoms with Gasteiger partial charge in [0.25, 0.3) is 0 Å². The Morgan fingerprint density at radius 3 is 2.79 bits per heavy atom. The van der Waals surface area contributed by atoms with Gasteiger partial charge in [-0.2, -0.15) is 15.2 Å². The third-order valence-corrected chi connectivity index (χ3v) is 14.6. The van der Waals surface area contributed by atoms with Gasteiger partial charge in [-0.15, -0.1) is 11.3 Å². The van der Waals surface area contributed by atoms with Crippen molar-refractivity contribution in [1.29, 1.82) is 5.26 Å². The van der Waals surface area contributed by atoms with Gasteiger partial charge in [0.05, 0.1) is 31.3 Å². The number of nitrogens with zero attached hydrogens (tertiary/aromatic N) is 5. The van der Waals surface area contributed by atoms with E-state index >= 15 is 4.39 Å². The fourth-order valence-corrected chi connectivity index (χ4v) is 11.7. The summed E-state index contributed by atoms with van der Waals surface area (Å²) in [5.41, 5.74) is 5.50. The first-order valence-electron chi connectivity index (χ1n) is 15.6. The van der Waals surface area contributed by atoms with Crippen LogP contribution in [0.2, 0.25) is 5.02 Å². The highest BCUT2D eigenvalue weighted by Crippen LogP contribution is 2.48. The predicted molar refractivity (Wildman–Crippen MR) is 176 cm³/mol. The smallest absolute Gasteiger partial charge is 0.319 e. The Hall–Kier alpha value is -3.38. The molecule has 1 unspecified atom stereocenters. The van der Waals surface area contributed by atoms with E-state index in [-0.39, 0.29) is 78.4 Å². The Labute approximate surface area is 278 Å². The number of hydrogen-bond donors (Lipinski definition) is 1. The normalized spacial score (nSPS) is 27.0. The first-order chi connectivity index (χ1) is 22.5. The fraction of sp³-hybridized carbons (Fsp3) is 0.469. The lowest BCUT2D eigenvalue weighted by Gasteiger charge is -2.31. The summed E-state index contributed by atoms with van der Waals surface area (Å²) < 4.78 is 77.9. The van der Waals surface area contributed by atoms with E-state index in [0.717, 1.165) is 30.7 Å². The number of ether oxygens (including phenoxy) is 1. The van der Waals surface area contributed by atoms with Gasteiger partial charge in [0, 0.05) is 42.4 Å². The zero-order valence-electron chi connectivity index (χ0n) is 25.2. The van der Waals surface area contributed by atoms with Crippen molar-refractivity contribution in [1.82, 2.24) is 14.9 Å². The van der Waals surface area contributed by atoms with Crippen LogP contribution in [0.15, 0.2) is 18.2 Å². The lowest BCUT2D eigenvalue weighted by Crippen LogP contribution is -2.43. The predicted octanol–water partition coefficient (Wildman–Crippen LogP) is 6.01. The second-order valence-corrected chi connectivity index (χ2v) is 17.1. The quantitative estimate of drug-likeness (QED) is 0.266. The summed E-state index contributed by atoms with van der Waals surface area (Å²) in [5, 5.41) is 10.3. The molecule has 3 atom stereocenters. The zero-order valence-corrected chi connectivity index (χ0v) is 27.6. The molecular formula is C32H30ClF3N6O3S2. The number of nitrogen functional groups attached to an aromatic ring is 1. The molecule has 0 radical (unpaired) electrons. The topological polar surface area (TPSA) is 125 Å². The second kappa shape index (κ2) is 10.8. The van der Waals surface area contributed by atoms with Crippen LogP contribution >= 0.6 is 22.9 Å². The van der Waals surface area contributed by atoms with E-state index in [1.165, 1.54) is 18.2 Å². The largest absolute Gasteiger partial charge is 0.461 e. The molecule has 6 heterocycles. The number of benzene rings is 2. The first kappa shape index (κ1) is 30.9. The molecule has 4 fully saturated rings. The molecule has 47 heavy (non-hydrogen) atoms. The van der Waals surface area contributed by atoms with Gasteiger partial charge in [0.1, 0.15) is 41.0 Å². The summed E-state index contributed by atoms with van der Waals surface area (Å²) in [7, 11) is -3.34. The number of aromatic nitrogens is 2. The highest BCUT2D eigenvalue weighted by Gasteiger charge is 2.53. The lowest BCUT2D eigenvalue weighted by molar-refractivity contribution is 0.107. The van der Waals surface area contributed by atoms with Crippen molar-refractivity contribution in [2.24, 2.45) is 0 Å². The summed E-state index contributed by atoms with van der Waals surface area (Å²) in [4.78, 5) is 13.1. The average Bonchev–Trinajstić information content (AvgIpc) is 3.82. The number of sulfone groups is 1. The van der Waals surface area contributed by atoms with Gasteiger partial charge < -0.3 is 15.4 Å². The molecule has 0 aliphatic carbocycles. The van der Waals surface area contributed by atoms with E-state index in [1.54, 1.807) is 0 Å². The van der Waals surface area contributed by atoms with Gasteiger partial charge in [0.2, 0.25) is 0 Å². The summed E-state index contributed by atoms with van der Waals surface area (Å²) >= 11 is 7.70. The molecule has 4 saturated heterocycles. The minimum absolute atomic E-state index is 0.0192. The minimum Gasteiger partial charge on any atom is -0.461 e. The van der Waals surface area contributed by atoms with Crippen molar-refractivity contribution in [2.75, 3.05) is 49.2 Å². The van der Waals surface area contributed by atoms with Crippen LogP contribution < -0.4 is 15.4 Å². The van der Waals surface area contributed by atoms with Crippen molar-refractivity contribution in [3.05, 3.63) is 40.4 Å². The second-order valence-electron chi connectivity index (χ2n) is 13.2. The van der Waals surface area contributed by atoms with Crippen LogP contribution in [-0.2, 0) is 9.84 Å². The summed E-state index contributed by atoms with van der Waals surface area (Å²) in [6.07, 6.45) is 2.53. The molecule has 0 amide bonds. The molecule has 0 saturated carbocycles. The van der Waals surface area contributed by atoms with Crippen LogP contribution in [0.3, 0.4) is 0 Å². The van der Waals surface area contributed by atoms with E-state index in [4.69, 9.17) is 27.1 Å². The third-order valence-electron chi connectivity index (χ3n) is 10.6. The highest BCUT2D eigenvalue weighted by molar-refractivity contribution is 7.93. The van der Waals surface area contributed by atoms with Crippen LogP contribution in [0.25, 0.3) is 32.1 Å². The van der Waals surface area contributed by atoms with Crippen LogP contribution in [0.4, 0.5) is 24.0 Å². The van der Waals surface area contributed by atoms with Crippen LogP contribution in [0.1, 0.15) is 44.1 Å². The number of alkyl halides is 1. The van der Waals surface area contributed by atoms with Crippen molar-refractivity contribution in [3.8, 4) is 23.2 Å². The van der Waals surface area contributed by atoms with E-state index in [0.29, 0.717) is 38.8 Å². The Balaban J connectivity index is 1.29. The van der Waals surface area contributed by atoms with E-state index in [2.05, 4.69) is 9.88 Å². The number of halogens is 4. The average molecular weight is 703 g/mol. The molecule has 0 bridgehead atoms. The van der Waals surface area contributed by atoms with E-state index in [9.17, 15) is 22.5 Å². The summed E-state index contributed by atoms with van der Waals surface area (Å²) in [5.74, 6) is -1.03. The molecule has 246 valence electrons. The van der Waals surface area contributed by atoms with Gasteiger partial charge in [0.15, 0.2) is 15.7 Å². The molecule has 15 heteroatoms. The number of nitriles is 1. The molecule has 2 N–H and O–H groups in total. The van der Waals surface area contributed by atoms with Crippen molar-refractivity contribution in [3.63, 3.8) is 0 Å². The van der Waals surface area contributed by atoms with E-state index in [1.807, 2.05) is 11.0 Å². The third kappa shape index (κ3) is 4.60. The van der Waals surface area contributed by atoms with Gasteiger partial charge in [-0.05, 0) is 56.3 Å². The van der Waals surface area contributed by atoms with Gasteiger partial charge in [-0.3, -0.25) is 4.90 Å². The molecule has 4 aromatic rings. The Bertz CT molecular complexity index is 2140. The maximum atomic E-state index is 17.0. The van der Waals surface area contributed by atoms with Gasteiger partial charge in [-0.25, -0.2) is 21.6 Å². The number of rotatable bonds is 5. The fourth-order valence-electron chi connectivity index (χ4n) is 8.31. The maximum absolute atomic E-state index is 17.0. The van der Waals surface area contributed by atoms with Gasteiger partial charge >= 0.3 is 6.01 Å². The standard InChI is InChI=1S/C32H30ClF3N6O3S2/c33-21-11-19-26(25(36)24(21)18-3-4-22(35)27-23(18)20(13-37)28(38)46-27)39-30(45-16-31-5-1-8-42(31)14-17(34)12-31)40-29(19)41-9-7-32(15-41)6-2-10-47(32,43)44/h3-4,11,17H,1-2,5-10,12,14-16,38H2/t17-,31+,32?/m1/s1. The number of thiophene rings is 1. The molecule has 4 aliphatic heterocycles. The number of fused-ring (bicyclic) bond motifs is 3. The highest BCUT2D eigenvalue weighted by atomic mass is 35.5. The minimum atomic E-state index is -3.34. The Kier molecular flexibility index (Phi) is 7.12. The van der Waals surface area contributed by atoms with Crippen molar-refractivity contribution >= 4 is 64.6 Å². The van der Waals surface area contributed by atoms with Crippen molar-refractivity contribution < 1.29 is 26.3 Å². The summed E-state index contributed by atoms with van der Waals surface area (Å²) in [6, 6.07) is 5.92. The number of nitrogens with two attached hydrogens (primary N) is 1. The lowest BCUT2D eigenvalue weighted by atomic mass is 9.95. The zero-order chi connectivity index (χ0) is 32.9. The SMILES string of the molecule is N#Cc1c(N)sc2c(F)ccc(-c3c(Cl)cc4c(N5CCC6(CCCS6(=O)=O)C5)nc(OC[C@@]56CCCN5C[C@H](F)C6)nc4c3F)c12. The monoisotopic (exact) mass is 702 g/mol. The molecular weight excluding hydrogens is 673 g/mol. The van der Waals surface area contributed by atoms with E-state index < -0.39 is 37.9 Å². The molecule has 9 nitrogen and oxygen atoms in total. The Morgan fingerprint density at radius 1 is 1.19 bits per heavy atom. The van der Waals surface area contributed by atoms with Crippen LogP contribution in [-0.4, -0.2) is 78.3 Å². The van der Waals surface area contributed by atoms with Crippen LogP contribution in [0, 0.1) is 23.0 Å². The molecule has 8 rings (SSSR count). The number of hydrogen-bond acceptors (Lipinski definition) is 10. The van der Waals surface area contributed by atoms with Gasteiger partial charge in [-0.1, -0.05) is 17.7 Å².